The summed E-state index contributed by atoms with van der Waals surface area (Å²) in [5.74, 6) is -0.127. The molecule has 0 radical (unpaired) electrons. The highest BCUT2D eigenvalue weighted by Gasteiger charge is 2.07. The van der Waals surface area contributed by atoms with Gasteiger partial charge in [0.25, 0.3) is 0 Å². The van der Waals surface area contributed by atoms with E-state index < -0.39 is 0 Å². The Balaban J connectivity index is 2.74. The summed E-state index contributed by atoms with van der Waals surface area (Å²) >= 11 is 0. The van der Waals surface area contributed by atoms with Crippen LogP contribution in [0.1, 0.15) is 24.5 Å². The lowest BCUT2D eigenvalue weighted by Gasteiger charge is -2.10. The number of benzene rings is 1. The van der Waals surface area contributed by atoms with Crippen molar-refractivity contribution in [3.8, 4) is 0 Å². The molecule has 0 aliphatic carbocycles. The van der Waals surface area contributed by atoms with Crippen molar-refractivity contribution in [1.29, 1.82) is 0 Å². The van der Waals surface area contributed by atoms with Crippen molar-refractivity contribution in [1.82, 2.24) is 0 Å². The van der Waals surface area contributed by atoms with Crippen LogP contribution in [0, 0.1) is 6.92 Å². The number of rotatable bonds is 6. The number of amides is 1. The molecule has 0 atom stereocenters. The van der Waals surface area contributed by atoms with Gasteiger partial charge in [0, 0.05) is 17.9 Å². The number of ether oxygens (including phenoxy) is 1. The monoisotopic (exact) mass is 265 g/mol. The van der Waals surface area contributed by atoms with Crippen molar-refractivity contribution in [3.05, 3.63) is 29.3 Å². The molecule has 0 aliphatic rings. The van der Waals surface area contributed by atoms with Gasteiger partial charge in [-0.2, -0.15) is 0 Å². The van der Waals surface area contributed by atoms with E-state index >= 15 is 0 Å². The number of aryl methyl sites for hydroxylation is 1. The van der Waals surface area contributed by atoms with Gasteiger partial charge in [0.1, 0.15) is 0 Å². The van der Waals surface area contributed by atoms with Crippen LogP contribution in [0.2, 0.25) is 0 Å². The quantitative estimate of drug-likeness (QED) is 0.238. The molecular weight excluding hydrogens is 246 g/mol. The highest BCUT2D eigenvalue weighted by atomic mass is 16.5. The van der Waals surface area contributed by atoms with Crippen LogP contribution in [0.3, 0.4) is 0 Å². The zero-order chi connectivity index (χ0) is 14.3. The molecule has 1 aromatic rings. The summed E-state index contributed by atoms with van der Waals surface area (Å²) in [7, 11) is 0. The van der Waals surface area contributed by atoms with Crippen LogP contribution in [-0.4, -0.2) is 30.2 Å². The van der Waals surface area contributed by atoms with Crippen LogP contribution in [0.15, 0.2) is 23.4 Å². The number of hydrogen-bond acceptors (Lipinski definition) is 4. The Morgan fingerprint density at radius 1 is 1.53 bits per heavy atom. The lowest BCUT2D eigenvalue weighted by Crippen LogP contribution is -2.17. The average Bonchev–Trinajstić information content (AvgIpc) is 2.40. The molecule has 0 saturated heterocycles. The Morgan fingerprint density at radius 2 is 2.26 bits per heavy atom. The van der Waals surface area contributed by atoms with Crippen LogP contribution in [-0.2, 0) is 9.53 Å². The van der Waals surface area contributed by atoms with Crippen molar-refractivity contribution < 1.29 is 14.7 Å². The average molecular weight is 265 g/mol. The van der Waals surface area contributed by atoms with Crippen LogP contribution >= 0.6 is 0 Å². The molecule has 0 aliphatic heterocycles. The highest BCUT2D eigenvalue weighted by molar-refractivity contribution is 5.99. The van der Waals surface area contributed by atoms with E-state index in [1.807, 2.05) is 13.8 Å². The third kappa shape index (κ3) is 4.59. The van der Waals surface area contributed by atoms with Crippen molar-refractivity contribution in [3.63, 3.8) is 0 Å². The Labute approximate surface area is 112 Å². The lowest BCUT2D eigenvalue weighted by molar-refractivity contribution is -0.117. The Hall–Kier alpha value is -2.08. The number of anilines is 1. The number of nitrogens with two attached hydrogens (primary N) is 1. The molecule has 0 aromatic heterocycles. The van der Waals surface area contributed by atoms with Gasteiger partial charge in [-0.05, 0) is 25.5 Å². The van der Waals surface area contributed by atoms with E-state index in [0.717, 1.165) is 5.56 Å². The number of carbonyl (C=O) groups excluding carboxylic acids is 1. The molecule has 1 aromatic carbocycles. The predicted molar refractivity (Wildman–Crippen MR) is 73.4 cm³/mol. The van der Waals surface area contributed by atoms with E-state index in [4.69, 9.17) is 15.7 Å². The number of hydrogen-bond donors (Lipinski definition) is 3. The van der Waals surface area contributed by atoms with Crippen LogP contribution < -0.4 is 11.1 Å². The fraction of sp³-hybridized carbons (Fsp3) is 0.385. The first-order valence-corrected chi connectivity index (χ1v) is 6.04. The molecule has 1 rings (SSSR count). The Kier molecular flexibility index (Phi) is 5.81. The summed E-state index contributed by atoms with van der Waals surface area (Å²) in [6.07, 6.45) is 0.293. The molecule has 0 fully saturated rings. The van der Waals surface area contributed by atoms with Gasteiger partial charge in [0.05, 0.1) is 13.0 Å². The number of nitrogens with one attached hydrogen (secondary N) is 1. The maximum Gasteiger partial charge on any atom is 0.226 e. The second kappa shape index (κ2) is 7.38. The minimum atomic E-state index is -0.131. The first-order valence-electron chi connectivity index (χ1n) is 6.04. The van der Waals surface area contributed by atoms with Crippen LogP contribution in [0.5, 0.6) is 0 Å². The minimum Gasteiger partial charge on any atom is -0.409 e. The van der Waals surface area contributed by atoms with Gasteiger partial charge in [0.2, 0.25) is 5.91 Å². The van der Waals surface area contributed by atoms with Gasteiger partial charge in [0.15, 0.2) is 5.84 Å². The summed E-state index contributed by atoms with van der Waals surface area (Å²) in [4.78, 5) is 11.7. The fourth-order valence-corrected chi connectivity index (χ4v) is 1.50. The van der Waals surface area contributed by atoms with Gasteiger partial charge >= 0.3 is 0 Å². The number of oxime groups is 1. The third-order valence-corrected chi connectivity index (χ3v) is 2.59. The summed E-state index contributed by atoms with van der Waals surface area (Å²) in [5, 5.41) is 14.3. The number of carbonyl (C=O) groups is 1. The molecular formula is C13H19N3O3. The summed E-state index contributed by atoms with van der Waals surface area (Å²) in [6, 6.07) is 5.19. The first-order chi connectivity index (χ1) is 9.08. The van der Waals surface area contributed by atoms with E-state index in [1.54, 1.807) is 18.2 Å². The van der Waals surface area contributed by atoms with Crippen molar-refractivity contribution in [2.24, 2.45) is 10.9 Å². The second-order valence-electron chi connectivity index (χ2n) is 4.01. The van der Waals surface area contributed by atoms with E-state index in [2.05, 4.69) is 10.5 Å². The first kappa shape index (κ1) is 15.0. The maximum atomic E-state index is 11.7. The molecule has 0 spiro atoms. The minimum absolute atomic E-state index is 0.00446. The fourth-order valence-electron chi connectivity index (χ4n) is 1.50. The Bertz CT molecular complexity index is 472. The van der Waals surface area contributed by atoms with Crippen LogP contribution in [0.4, 0.5) is 5.69 Å². The van der Waals surface area contributed by atoms with E-state index in [1.165, 1.54) is 0 Å². The molecule has 6 nitrogen and oxygen atoms in total. The molecule has 0 bridgehead atoms. The Morgan fingerprint density at radius 3 is 2.89 bits per heavy atom. The van der Waals surface area contributed by atoms with Gasteiger partial charge in [-0.25, -0.2) is 0 Å². The normalized spacial score (nSPS) is 11.4. The summed E-state index contributed by atoms with van der Waals surface area (Å²) in [5.41, 5.74) is 7.60. The zero-order valence-electron chi connectivity index (χ0n) is 11.1. The van der Waals surface area contributed by atoms with E-state index in [-0.39, 0.29) is 11.7 Å². The van der Waals surface area contributed by atoms with Crippen molar-refractivity contribution >= 4 is 17.4 Å². The smallest absolute Gasteiger partial charge is 0.226 e. The SMILES string of the molecule is CCOCCC(=O)Nc1cc(C(N)=NO)ccc1C. The number of nitrogens with zero attached hydrogens (tertiary/aromatic N) is 1. The van der Waals surface area contributed by atoms with Crippen molar-refractivity contribution in [2.75, 3.05) is 18.5 Å². The van der Waals surface area contributed by atoms with Gasteiger partial charge in [-0.15, -0.1) is 0 Å². The van der Waals surface area contributed by atoms with Gasteiger partial charge in [-0.3, -0.25) is 4.79 Å². The number of amidine groups is 1. The predicted octanol–water partition coefficient (Wildman–Crippen LogP) is 1.45. The highest BCUT2D eigenvalue weighted by Crippen LogP contribution is 2.17. The van der Waals surface area contributed by atoms with E-state index in [0.29, 0.717) is 30.9 Å². The largest absolute Gasteiger partial charge is 0.409 e. The lowest BCUT2D eigenvalue weighted by atomic mass is 10.1. The second-order valence-corrected chi connectivity index (χ2v) is 4.01. The van der Waals surface area contributed by atoms with E-state index in [9.17, 15) is 4.79 Å². The third-order valence-electron chi connectivity index (χ3n) is 2.59. The molecule has 0 saturated carbocycles. The molecule has 0 heterocycles. The maximum absolute atomic E-state index is 11.7. The standard InChI is InChI=1S/C13H19N3O3/c1-3-19-7-6-12(17)15-11-8-10(13(14)16-18)5-4-9(11)2/h4-5,8,18H,3,6-7H2,1-2H3,(H2,14,16)(H,15,17). The van der Waals surface area contributed by atoms with Crippen molar-refractivity contribution in [2.45, 2.75) is 20.3 Å². The molecule has 4 N–H and O–H groups in total. The topological polar surface area (TPSA) is 96.9 Å². The molecule has 19 heavy (non-hydrogen) atoms. The van der Waals surface area contributed by atoms with Gasteiger partial charge in [-0.1, -0.05) is 17.3 Å². The summed E-state index contributed by atoms with van der Waals surface area (Å²) in [6.45, 7) is 4.73. The zero-order valence-corrected chi connectivity index (χ0v) is 11.1. The molecule has 0 unspecified atom stereocenters. The van der Waals surface area contributed by atoms with Crippen LogP contribution in [0.25, 0.3) is 0 Å². The molecule has 1 amide bonds. The molecule has 104 valence electrons. The van der Waals surface area contributed by atoms with Gasteiger partial charge < -0.3 is 21.0 Å². The molecule has 6 heteroatoms. The summed E-state index contributed by atoms with van der Waals surface area (Å²) < 4.78 is 5.12.